The average Bonchev–Trinajstić information content (AvgIpc) is 3.25. The van der Waals surface area contributed by atoms with Gasteiger partial charge in [0, 0.05) is 18.9 Å². The highest BCUT2D eigenvalue weighted by molar-refractivity contribution is 6.00. The van der Waals surface area contributed by atoms with Gasteiger partial charge in [-0.2, -0.15) is 0 Å². The molecule has 1 aliphatic carbocycles. The van der Waals surface area contributed by atoms with Gasteiger partial charge in [-0.3, -0.25) is 14.3 Å². The van der Waals surface area contributed by atoms with Crippen LogP contribution in [0.1, 0.15) is 21.5 Å². The molecule has 2 N–H and O–H groups in total. The first kappa shape index (κ1) is 17.8. The molecule has 4 rings (SSSR count). The van der Waals surface area contributed by atoms with Gasteiger partial charge in [0.05, 0.1) is 13.7 Å². The molecule has 0 radical (unpaired) electrons. The molecule has 0 unspecified atom stereocenters. The molecule has 7 nitrogen and oxygen atoms in total. The van der Waals surface area contributed by atoms with Gasteiger partial charge in [-0.25, -0.2) is 0 Å². The van der Waals surface area contributed by atoms with Crippen molar-refractivity contribution in [3.8, 4) is 17.0 Å². The predicted molar refractivity (Wildman–Crippen MR) is 105 cm³/mol. The topological polar surface area (TPSA) is 85.2 Å². The van der Waals surface area contributed by atoms with Crippen molar-refractivity contribution in [1.29, 1.82) is 0 Å². The van der Waals surface area contributed by atoms with E-state index in [-0.39, 0.29) is 23.9 Å². The van der Waals surface area contributed by atoms with Crippen LogP contribution in [-0.2, 0) is 18.3 Å². The highest BCUT2D eigenvalue weighted by atomic mass is 16.5. The number of hydrogen-bond acceptors (Lipinski definition) is 4. The minimum Gasteiger partial charge on any atom is -0.479 e. The van der Waals surface area contributed by atoms with Crippen molar-refractivity contribution in [2.45, 2.75) is 6.42 Å². The second-order valence-electron chi connectivity index (χ2n) is 6.66. The Balaban J connectivity index is 1.38. The Bertz CT molecular complexity index is 1070. The number of nitrogens with one attached hydrogen (secondary N) is 2. The molecule has 1 heterocycles. The molecule has 0 saturated heterocycles. The van der Waals surface area contributed by atoms with Crippen molar-refractivity contribution in [2.75, 3.05) is 19.0 Å². The molecule has 2 aromatic carbocycles. The van der Waals surface area contributed by atoms with Crippen LogP contribution in [0, 0.1) is 0 Å². The van der Waals surface area contributed by atoms with Crippen molar-refractivity contribution in [1.82, 2.24) is 15.1 Å². The molecule has 2 amide bonds. The fourth-order valence-corrected chi connectivity index (χ4v) is 3.46. The van der Waals surface area contributed by atoms with Gasteiger partial charge < -0.3 is 15.4 Å². The lowest BCUT2D eigenvalue weighted by Gasteiger charge is -2.09. The molecule has 0 aliphatic heterocycles. The Morgan fingerprint density at radius 1 is 1.14 bits per heavy atom. The summed E-state index contributed by atoms with van der Waals surface area (Å²) in [5, 5.41) is 9.45. The summed E-state index contributed by atoms with van der Waals surface area (Å²) in [7, 11) is 3.14. The lowest BCUT2D eigenvalue weighted by Crippen LogP contribution is -2.32. The number of aryl methyl sites for hydroxylation is 1. The SMILES string of the molecule is COc1nn(C)cc1C(=O)NCC(=O)Nc1ccc2c(c1)Cc1ccccc1-2. The molecule has 0 saturated carbocycles. The van der Waals surface area contributed by atoms with E-state index in [0.717, 1.165) is 6.42 Å². The van der Waals surface area contributed by atoms with Gasteiger partial charge in [-0.15, -0.1) is 5.10 Å². The molecular weight excluding hydrogens is 356 g/mol. The van der Waals surface area contributed by atoms with Gasteiger partial charge in [0.1, 0.15) is 5.56 Å². The number of carbonyl (C=O) groups is 2. The minimum atomic E-state index is -0.412. The number of ether oxygens (including phenoxy) is 1. The maximum Gasteiger partial charge on any atom is 0.258 e. The molecule has 0 atom stereocenters. The maximum absolute atomic E-state index is 12.2. The number of nitrogens with zero attached hydrogens (tertiary/aromatic N) is 2. The molecule has 0 bridgehead atoms. The molecule has 28 heavy (non-hydrogen) atoms. The zero-order chi connectivity index (χ0) is 19.7. The van der Waals surface area contributed by atoms with E-state index in [1.54, 1.807) is 13.2 Å². The number of methoxy groups -OCH3 is 1. The fraction of sp³-hybridized carbons (Fsp3) is 0.190. The predicted octanol–water partition coefficient (Wildman–Crippen LogP) is 2.37. The van der Waals surface area contributed by atoms with E-state index in [0.29, 0.717) is 5.69 Å². The second kappa shape index (κ2) is 7.19. The number of amides is 2. The van der Waals surface area contributed by atoms with E-state index >= 15 is 0 Å². The number of hydrogen-bond donors (Lipinski definition) is 2. The zero-order valence-electron chi connectivity index (χ0n) is 15.7. The van der Waals surface area contributed by atoms with Crippen LogP contribution >= 0.6 is 0 Å². The van der Waals surface area contributed by atoms with E-state index in [2.05, 4.69) is 27.9 Å². The van der Waals surface area contributed by atoms with Crippen LogP contribution < -0.4 is 15.4 Å². The van der Waals surface area contributed by atoms with E-state index in [4.69, 9.17) is 4.74 Å². The lowest BCUT2D eigenvalue weighted by atomic mass is 10.1. The van der Waals surface area contributed by atoms with Crippen LogP contribution in [0.3, 0.4) is 0 Å². The van der Waals surface area contributed by atoms with Crippen molar-refractivity contribution in [3.63, 3.8) is 0 Å². The third-order valence-corrected chi connectivity index (χ3v) is 4.72. The molecule has 1 aromatic heterocycles. The third kappa shape index (κ3) is 3.34. The highest BCUT2D eigenvalue weighted by Gasteiger charge is 2.19. The molecule has 3 aromatic rings. The molecule has 0 fully saturated rings. The second-order valence-corrected chi connectivity index (χ2v) is 6.66. The van der Waals surface area contributed by atoms with Crippen molar-refractivity contribution >= 4 is 17.5 Å². The Hall–Kier alpha value is -3.61. The largest absolute Gasteiger partial charge is 0.479 e. The Morgan fingerprint density at radius 2 is 1.93 bits per heavy atom. The van der Waals surface area contributed by atoms with Crippen LogP contribution in [0.15, 0.2) is 48.7 Å². The van der Waals surface area contributed by atoms with Crippen LogP contribution in [0.25, 0.3) is 11.1 Å². The normalized spacial score (nSPS) is 11.5. The lowest BCUT2D eigenvalue weighted by molar-refractivity contribution is -0.115. The van der Waals surface area contributed by atoms with E-state index in [1.807, 2.05) is 30.3 Å². The van der Waals surface area contributed by atoms with Gasteiger partial charge in [-0.1, -0.05) is 30.3 Å². The number of aromatic nitrogens is 2. The van der Waals surface area contributed by atoms with Gasteiger partial charge >= 0.3 is 0 Å². The zero-order valence-corrected chi connectivity index (χ0v) is 15.7. The number of carbonyl (C=O) groups excluding carboxylic acids is 2. The summed E-state index contributed by atoms with van der Waals surface area (Å²) >= 11 is 0. The van der Waals surface area contributed by atoms with E-state index in [1.165, 1.54) is 34.0 Å². The quantitative estimate of drug-likeness (QED) is 0.560. The molecular formula is C21H20N4O3. The summed E-state index contributed by atoms with van der Waals surface area (Å²) < 4.78 is 6.55. The first-order chi connectivity index (χ1) is 13.5. The smallest absolute Gasteiger partial charge is 0.258 e. The van der Waals surface area contributed by atoms with Crippen LogP contribution in [0.2, 0.25) is 0 Å². The monoisotopic (exact) mass is 376 g/mol. The average molecular weight is 376 g/mol. The summed E-state index contributed by atoms with van der Waals surface area (Å²) in [6.07, 6.45) is 2.40. The molecule has 7 heteroatoms. The highest BCUT2D eigenvalue weighted by Crippen LogP contribution is 2.37. The number of rotatable bonds is 5. The minimum absolute atomic E-state index is 0.145. The Labute approximate surface area is 162 Å². The molecule has 142 valence electrons. The molecule has 1 aliphatic rings. The van der Waals surface area contributed by atoms with Crippen molar-refractivity contribution in [3.05, 3.63) is 65.4 Å². The number of fused-ring (bicyclic) bond motifs is 3. The van der Waals surface area contributed by atoms with Crippen molar-refractivity contribution < 1.29 is 14.3 Å². The number of benzene rings is 2. The van der Waals surface area contributed by atoms with Crippen LogP contribution in [0.4, 0.5) is 5.69 Å². The van der Waals surface area contributed by atoms with E-state index < -0.39 is 5.91 Å². The summed E-state index contributed by atoms with van der Waals surface area (Å²) in [5.41, 5.74) is 5.92. The standard InChI is InChI=1S/C21H20N4O3/c1-25-12-18(21(24-25)28-2)20(27)22-11-19(26)23-15-7-8-17-14(10-15)9-13-5-3-4-6-16(13)17/h3-8,10,12H,9,11H2,1-2H3,(H,22,27)(H,23,26). The van der Waals surface area contributed by atoms with Gasteiger partial charge in [0.2, 0.25) is 11.8 Å². The van der Waals surface area contributed by atoms with Gasteiger partial charge in [0.25, 0.3) is 5.91 Å². The summed E-state index contributed by atoms with van der Waals surface area (Å²) in [6, 6.07) is 14.2. The van der Waals surface area contributed by atoms with Crippen molar-refractivity contribution in [2.24, 2.45) is 7.05 Å². The van der Waals surface area contributed by atoms with Crippen LogP contribution in [-0.4, -0.2) is 35.2 Å². The van der Waals surface area contributed by atoms with Gasteiger partial charge in [-0.05, 0) is 40.8 Å². The number of anilines is 1. The summed E-state index contributed by atoms with van der Waals surface area (Å²) in [6.45, 7) is -0.145. The fourth-order valence-electron chi connectivity index (χ4n) is 3.46. The van der Waals surface area contributed by atoms with Crippen LogP contribution in [0.5, 0.6) is 5.88 Å². The maximum atomic E-state index is 12.2. The Morgan fingerprint density at radius 3 is 2.75 bits per heavy atom. The van der Waals surface area contributed by atoms with E-state index in [9.17, 15) is 9.59 Å². The Kier molecular flexibility index (Phi) is 4.57. The van der Waals surface area contributed by atoms with Gasteiger partial charge in [0.15, 0.2) is 0 Å². The summed E-state index contributed by atoms with van der Waals surface area (Å²) in [4.78, 5) is 24.5. The summed E-state index contributed by atoms with van der Waals surface area (Å²) in [5.74, 6) is -0.491. The third-order valence-electron chi connectivity index (χ3n) is 4.72. The first-order valence-corrected chi connectivity index (χ1v) is 8.92. The first-order valence-electron chi connectivity index (χ1n) is 8.92. The molecule has 0 spiro atoms.